The van der Waals surface area contributed by atoms with E-state index in [1.165, 1.54) is 5.56 Å². The zero-order valence-corrected chi connectivity index (χ0v) is 13.6. The maximum Gasteiger partial charge on any atom is 0.241 e. The van der Waals surface area contributed by atoms with Crippen molar-refractivity contribution in [1.82, 2.24) is 9.80 Å². The normalized spacial score (nSPS) is 19.6. The van der Waals surface area contributed by atoms with Gasteiger partial charge in [0.25, 0.3) is 0 Å². The highest BCUT2D eigenvalue weighted by atomic mass is 16.2. The van der Waals surface area contributed by atoms with Crippen LogP contribution >= 0.6 is 0 Å². The van der Waals surface area contributed by atoms with Crippen molar-refractivity contribution in [3.8, 4) is 0 Å². The molecule has 6 heteroatoms. The van der Waals surface area contributed by atoms with Gasteiger partial charge >= 0.3 is 0 Å². The number of amides is 2. The molecule has 0 bridgehead atoms. The van der Waals surface area contributed by atoms with E-state index in [1.807, 2.05) is 23.1 Å². The molecule has 1 saturated heterocycles. The quantitative estimate of drug-likeness (QED) is 0.856. The summed E-state index contributed by atoms with van der Waals surface area (Å²) in [6.07, 6.45) is 0.929. The molecule has 2 aliphatic heterocycles. The number of nitrogens with zero attached hydrogens (tertiary/aromatic N) is 3. The fraction of sp³-hybridized carbons (Fsp3) is 0.529. The summed E-state index contributed by atoms with van der Waals surface area (Å²) >= 11 is 0. The number of nitrogens with two attached hydrogens (primary N) is 1. The molecule has 0 aromatic heterocycles. The van der Waals surface area contributed by atoms with E-state index in [4.69, 9.17) is 5.73 Å². The number of hydrogen-bond acceptors (Lipinski definition) is 4. The van der Waals surface area contributed by atoms with Crippen molar-refractivity contribution >= 4 is 17.5 Å². The Bertz CT molecular complexity index is 594. The van der Waals surface area contributed by atoms with Gasteiger partial charge in [-0.2, -0.15) is 0 Å². The van der Waals surface area contributed by atoms with Gasteiger partial charge in [0, 0.05) is 38.4 Å². The first-order valence-electron chi connectivity index (χ1n) is 8.21. The average Bonchev–Trinajstić information content (AvgIpc) is 2.99. The van der Waals surface area contributed by atoms with Gasteiger partial charge in [-0.05, 0) is 25.0 Å². The standard InChI is InChI=1S/C17H24N4O2/c1-13(18)17(23)20-10-8-19(9-11-20)12-16(22)21-7-6-14-4-2-3-5-15(14)21/h2-5,13H,6-12,18H2,1H3/t13-/m1/s1. The summed E-state index contributed by atoms with van der Waals surface area (Å²) < 4.78 is 0. The molecule has 2 N–H and O–H groups in total. The van der Waals surface area contributed by atoms with Gasteiger partial charge in [-0.1, -0.05) is 18.2 Å². The Hall–Kier alpha value is -1.92. The van der Waals surface area contributed by atoms with Crippen molar-refractivity contribution in [2.75, 3.05) is 44.2 Å². The van der Waals surface area contributed by atoms with Crippen LogP contribution in [0.3, 0.4) is 0 Å². The fourth-order valence-corrected chi connectivity index (χ4v) is 3.29. The number of fused-ring (bicyclic) bond motifs is 1. The lowest BCUT2D eigenvalue weighted by molar-refractivity contribution is -0.134. The molecular weight excluding hydrogens is 292 g/mol. The van der Waals surface area contributed by atoms with Crippen molar-refractivity contribution in [2.45, 2.75) is 19.4 Å². The van der Waals surface area contributed by atoms with Crippen molar-refractivity contribution in [1.29, 1.82) is 0 Å². The number of carbonyl (C=O) groups is 2. The Balaban J connectivity index is 1.54. The fourth-order valence-electron chi connectivity index (χ4n) is 3.29. The van der Waals surface area contributed by atoms with E-state index in [0.29, 0.717) is 19.6 Å². The number of rotatable bonds is 3. The van der Waals surface area contributed by atoms with Crippen LogP contribution in [0.2, 0.25) is 0 Å². The molecule has 124 valence electrons. The van der Waals surface area contributed by atoms with Crippen molar-refractivity contribution in [2.24, 2.45) is 5.73 Å². The average molecular weight is 316 g/mol. The number of hydrogen-bond donors (Lipinski definition) is 1. The summed E-state index contributed by atoms with van der Waals surface area (Å²) in [6.45, 7) is 5.62. The number of carbonyl (C=O) groups excluding carboxylic acids is 2. The lowest BCUT2D eigenvalue weighted by atomic mass is 10.2. The Morgan fingerprint density at radius 1 is 1.13 bits per heavy atom. The predicted octanol–water partition coefficient (Wildman–Crippen LogP) is 0.0671. The Kier molecular flexibility index (Phi) is 4.63. The summed E-state index contributed by atoms with van der Waals surface area (Å²) in [6, 6.07) is 7.63. The molecule has 0 aliphatic carbocycles. The van der Waals surface area contributed by atoms with E-state index in [1.54, 1.807) is 11.8 Å². The van der Waals surface area contributed by atoms with E-state index < -0.39 is 6.04 Å². The van der Waals surface area contributed by atoms with Gasteiger partial charge in [0.15, 0.2) is 0 Å². The molecule has 0 radical (unpaired) electrons. The van der Waals surface area contributed by atoms with Crippen LogP contribution in [-0.2, 0) is 16.0 Å². The molecule has 0 saturated carbocycles. The summed E-state index contributed by atoms with van der Waals surface area (Å²) in [7, 11) is 0. The molecule has 6 nitrogen and oxygen atoms in total. The minimum absolute atomic E-state index is 0.00977. The minimum atomic E-state index is -0.454. The molecule has 2 amide bonds. The summed E-state index contributed by atoms with van der Waals surface area (Å²) in [5.74, 6) is 0.131. The van der Waals surface area contributed by atoms with E-state index in [2.05, 4.69) is 11.0 Å². The third-order valence-corrected chi connectivity index (χ3v) is 4.62. The van der Waals surface area contributed by atoms with Crippen molar-refractivity contribution in [3.05, 3.63) is 29.8 Å². The van der Waals surface area contributed by atoms with Gasteiger partial charge in [-0.3, -0.25) is 14.5 Å². The van der Waals surface area contributed by atoms with Crippen LogP contribution in [0.1, 0.15) is 12.5 Å². The number of piperazine rings is 1. The van der Waals surface area contributed by atoms with Crippen LogP contribution in [0.5, 0.6) is 0 Å². The summed E-state index contributed by atoms with van der Waals surface area (Å²) in [5, 5.41) is 0. The monoisotopic (exact) mass is 316 g/mol. The Morgan fingerprint density at radius 2 is 1.83 bits per heavy atom. The van der Waals surface area contributed by atoms with Crippen molar-refractivity contribution < 1.29 is 9.59 Å². The second kappa shape index (κ2) is 6.68. The van der Waals surface area contributed by atoms with E-state index >= 15 is 0 Å². The van der Waals surface area contributed by atoms with Gasteiger partial charge < -0.3 is 15.5 Å². The first kappa shape index (κ1) is 16.0. The molecule has 3 rings (SSSR count). The van der Waals surface area contributed by atoms with Gasteiger partial charge in [0.1, 0.15) is 0 Å². The first-order chi connectivity index (χ1) is 11.1. The van der Waals surface area contributed by atoms with Crippen molar-refractivity contribution in [3.63, 3.8) is 0 Å². The van der Waals surface area contributed by atoms with Gasteiger partial charge in [-0.15, -0.1) is 0 Å². The predicted molar refractivity (Wildman–Crippen MR) is 89.2 cm³/mol. The van der Waals surface area contributed by atoms with E-state index in [9.17, 15) is 9.59 Å². The second-order valence-electron chi connectivity index (χ2n) is 6.31. The molecule has 1 aromatic carbocycles. The molecule has 2 aliphatic rings. The largest absolute Gasteiger partial charge is 0.339 e. The molecule has 2 heterocycles. The third-order valence-electron chi connectivity index (χ3n) is 4.62. The van der Waals surface area contributed by atoms with E-state index in [-0.39, 0.29) is 11.8 Å². The van der Waals surface area contributed by atoms with Gasteiger partial charge in [0.2, 0.25) is 11.8 Å². The zero-order valence-electron chi connectivity index (χ0n) is 13.6. The Labute approximate surface area is 136 Å². The highest BCUT2D eigenvalue weighted by Gasteiger charge is 2.28. The number of benzene rings is 1. The van der Waals surface area contributed by atoms with Gasteiger partial charge in [-0.25, -0.2) is 0 Å². The topological polar surface area (TPSA) is 69.9 Å². The maximum absolute atomic E-state index is 12.6. The van der Waals surface area contributed by atoms with Crippen LogP contribution in [-0.4, -0.2) is 66.9 Å². The molecule has 1 fully saturated rings. The molecule has 0 spiro atoms. The zero-order chi connectivity index (χ0) is 16.4. The second-order valence-corrected chi connectivity index (χ2v) is 6.31. The smallest absolute Gasteiger partial charge is 0.241 e. The highest BCUT2D eigenvalue weighted by molar-refractivity contribution is 5.96. The molecule has 23 heavy (non-hydrogen) atoms. The van der Waals surface area contributed by atoms with Crippen LogP contribution in [0.25, 0.3) is 0 Å². The molecule has 1 atom stereocenters. The first-order valence-corrected chi connectivity index (χ1v) is 8.21. The van der Waals surface area contributed by atoms with Gasteiger partial charge in [0.05, 0.1) is 12.6 Å². The lowest BCUT2D eigenvalue weighted by Crippen LogP contribution is -2.54. The molecular formula is C17H24N4O2. The SMILES string of the molecule is C[C@@H](N)C(=O)N1CCN(CC(=O)N2CCc3ccccc32)CC1. The molecule has 0 unspecified atom stereocenters. The van der Waals surface area contributed by atoms with Crippen LogP contribution in [0.15, 0.2) is 24.3 Å². The molecule has 1 aromatic rings. The summed E-state index contributed by atoms with van der Waals surface area (Å²) in [5.41, 5.74) is 7.93. The number of anilines is 1. The highest BCUT2D eigenvalue weighted by Crippen LogP contribution is 2.27. The minimum Gasteiger partial charge on any atom is -0.339 e. The summed E-state index contributed by atoms with van der Waals surface area (Å²) in [4.78, 5) is 30.3. The third kappa shape index (κ3) is 3.38. The van der Waals surface area contributed by atoms with Crippen LogP contribution in [0.4, 0.5) is 5.69 Å². The van der Waals surface area contributed by atoms with E-state index in [0.717, 1.165) is 31.7 Å². The lowest BCUT2D eigenvalue weighted by Gasteiger charge is -2.35. The van der Waals surface area contributed by atoms with Crippen LogP contribution < -0.4 is 10.6 Å². The maximum atomic E-state index is 12.6. The number of para-hydroxylation sites is 1. The Morgan fingerprint density at radius 3 is 2.52 bits per heavy atom. The van der Waals surface area contributed by atoms with Crippen LogP contribution in [0, 0.1) is 0 Å².